The molecule has 1 aromatic heterocycles. The highest BCUT2D eigenvalue weighted by Crippen LogP contribution is 2.35. The van der Waals surface area contributed by atoms with Gasteiger partial charge < -0.3 is 14.6 Å². The summed E-state index contributed by atoms with van der Waals surface area (Å²) in [6.45, 7) is 3.10. The zero-order chi connectivity index (χ0) is 16.4. The molecule has 2 aliphatic rings. The fraction of sp³-hybridized carbons (Fsp3) is 0.526. The minimum absolute atomic E-state index is 0.0847. The van der Waals surface area contributed by atoms with Crippen LogP contribution in [-0.4, -0.2) is 47.3 Å². The molecular weight excluding hydrogens is 302 g/mol. The van der Waals surface area contributed by atoms with Crippen molar-refractivity contribution in [1.82, 2.24) is 9.78 Å². The third kappa shape index (κ3) is 3.11. The molecule has 24 heavy (non-hydrogen) atoms. The number of hydrogen-bond donors (Lipinski definition) is 0. The maximum absolute atomic E-state index is 12.7. The Bertz CT molecular complexity index is 677. The highest BCUT2D eigenvalue weighted by atomic mass is 16.6. The van der Waals surface area contributed by atoms with E-state index in [9.17, 15) is 5.21 Å². The van der Waals surface area contributed by atoms with Gasteiger partial charge in [0.2, 0.25) is 0 Å². The van der Waals surface area contributed by atoms with Gasteiger partial charge >= 0.3 is 0 Å². The first-order valence-electron chi connectivity index (χ1n) is 9.02. The van der Waals surface area contributed by atoms with E-state index in [1.165, 1.54) is 24.1 Å². The van der Waals surface area contributed by atoms with Gasteiger partial charge in [0.1, 0.15) is 13.1 Å². The molecule has 2 aromatic rings. The molecule has 1 atom stereocenters. The summed E-state index contributed by atoms with van der Waals surface area (Å²) in [7, 11) is 0. The number of aromatic nitrogens is 2. The Hall–Kier alpha value is -1.69. The molecule has 1 aromatic carbocycles. The second-order valence-electron chi connectivity index (χ2n) is 7.01. The van der Waals surface area contributed by atoms with Crippen molar-refractivity contribution in [3.05, 3.63) is 53.0 Å². The summed E-state index contributed by atoms with van der Waals surface area (Å²) in [5.74, 6) is 0.470. The van der Waals surface area contributed by atoms with E-state index in [2.05, 4.69) is 21.9 Å². The molecule has 0 radical (unpaired) electrons. The zero-order valence-corrected chi connectivity index (χ0v) is 14.1. The smallest absolute Gasteiger partial charge is 0.102 e. The van der Waals surface area contributed by atoms with Crippen molar-refractivity contribution in [3.8, 4) is 5.69 Å². The molecule has 0 amide bonds. The van der Waals surface area contributed by atoms with Crippen molar-refractivity contribution in [2.24, 2.45) is 0 Å². The van der Waals surface area contributed by atoms with Gasteiger partial charge in [-0.2, -0.15) is 5.10 Å². The van der Waals surface area contributed by atoms with Gasteiger partial charge in [-0.1, -0.05) is 18.2 Å². The minimum Gasteiger partial charge on any atom is -0.633 e. The highest BCUT2D eigenvalue weighted by molar-refractivity contribution is 5.37. The fourth-order valence-electron chi connectivity index (χ4n) is 4.03. The molecule has 0 saturated carbocycles. The third-order valence-corrected chi connectivity index (χ3v) is 5.48. The number of nitrogens with zero attached hydrogens (tertiary/aromatic N) is 3. The summed E-state index contributed by atoms with van der Waals surface area (Å²) >= 11 is 0. The van der Waals surface area contributed by atoms with Gasteiger partial charge in [0.25, 0.3) is 0 Å². The number of hydroxylamine groups is 3. The van der Waals surface area contributed by atoms with Gasteiger partial charge in [0.05, 0.1) is 31.6 Å². The largest absolute Gasteiger partial charge is 0.633 e. The number of rotatable bonds is 4. The number of benzene rings is 1. The van der Waals surface area contributed by atoms with E-state index in [1.807, 2.05) is 24.4 Å². The van der Waals surface area contributed by atoms with E-state index in [0.717, 1.165) is 18.5 Å². The van der Waals surface area contributed by atoms with Gasteiger partial charge in [-0.25, -0.2) is 4.68 Å². The van der Waals surface area contributed by atoms with Crippen LogP contribution < -0.4 is 0 Å². The molecule has 1 fully saturated rings. The van der Waals surface area contributed by atoms with Crippen LogP contribution in [0.15, 0.2) is 36.5 Å². The van der Waals surface area contributed by atoms with Gasteiger partial charge in [-0.05, 0) is 42.9 Å². The molecule has 5 heteroatoms. The lowest BCUT2D eigenvalue weighted by atomic mass is 9.84. The summed E-state index contributed by atoms with van der Waals surface area (Å²) in [5.41, 5.74) is 3.81. The standard InChI is InChI=1S/C19H25N3O2/c23-22(11-13-24-14-12-22)10-9-16-5-4-8-19-18(16)15-20-21(19)17-6-2-1-3-7-17/h1-3,6-7,15-16H,4-5,8-14H2/t16-/m0/s1. The Kier molecular flexibility index (Phi) is 4.39. The highest BCUT2D eigenvalue weighted by Gasteiger charge is 2.28. The van der Waals surface area contributed by atoms with Crippen LogP contribution in [0.1, 0.15) is 36.4 Å². The van der Waals surface area contributed by atoms with E-state index in [4.69, 9.17) is 4.74 Å². The first-order chi connectivity index (χ1) is 11.8. The van der Waals surface area contributed by atoms with E-state index >= 15 is 0 Å². The number of fused-ring (bicyclic) bond motifs is 1. The average molecular weight is 327 g/mol. The summed E-state index contributed by atoms with van der Waals surface area (Å²) in [6, 6.07) is 10.3. The van der Waals surface area contributed by atoms with Crippen molar-refractivity contribution in [3.63, 3.8) is 0 Å². The lowest BCUT2D eigenvalue weighted by Crippen LogP contribution is -2.51. The van der Waals surface area contributed by atoms with Gasteiger partial charge in [0.15, 0.2) is 0 Å². The van der Waals surface area contributed by atoms with Crippen molar-refractivity contribution in [2.45, 2.75) is 31.6 Å². The molecule has 2 heterocycles. The molecule has 1 aliphatic heterocycles. The van der Waals surface area contributed by atoms with Crippen LogP contribution in [0, 0.1) is 5.21 Å². The fourth-order valence-corrected chi connectivity index (χ4v) is 4.03. The number of ether oxygens (including phenoxy) is 1. The zero-order valence-electron chi connectivity index (χ0n) is 14.1. The van der Waals surface area contributed by atoms with Gasteiger partial charge in [-0.15, -0.1) is 0 Å². The Labute approximate surface area is 143 Å². The summed E-state index contributed by atoms with van der Waals surface area (Å²) in [5, 5.41) is 17.4. The minimum atomic E-state index is -0.0847. The maximum atomic E-state index is 12.7. The van der Waals surface area contributed by atoms with Gasteiger partial charge in [-0.3, -0.25) is 0 Å². The van der Waals surface area contributed by atoms with Gasteiger partial charge in [0, 0.05) is 12.1 Å². The summed E-state index contributed by atoms with van der Waals surface area (Å²) in [4.78, 5) is 0. The molecule has 0 spiro atoms. The van der Waals surface area contributed by atoms with Crippen LogP contribution in [0.3, 0.4) is 0 Å². The lowest BCUT2D eigenvalue weighted by Gasteiger charge is -2.46. The first kappa shape index (κ1) is 15.8. The summed E-state index contributed by atoms with van der Waals surface area (Å²) in [6.07, 6.45) is 6.41. The van der Waals surface area contributed by atoms with Crippen LogP contribution in [0.2, 0.25) is 0 Å². The molecule has 0 N–H and O–H groups in total. The Morgan fingerprint density at radius 2 is 2.00 bits per heavy atom. The predicted molar refractivity (Wildman–Crippen MR) is 92.9 cm³/mol. The number of hydrogen-bond acceptors (Lipinski definition) is 3. The SMILES string of the molecule is [O-][N+]1(CC[C@@H]2CCCc3c2cnn3-c2ccccc2)CCOCC1. The Morgan fingerprint density at radius 1 is 1.21 bits per heavy atom. The number of morpholine rings is 1. The quantitative estimate of drug-likeness (QED) is 0.641. The maximum Gasteiger partial charge on any atom is 0.102 e. The van der Waals surface area contributed by atoms with E-state index in [0.29, 0.717) is 38.8 Å². The van der Waals surface area contributed by atoms with Crippen molar-refractivity contribution < 1.29 is 9.38 Å². The Balaban J connectivity index is 1.51. The van der Waals surface area contributed by atoms with Crippen LogP contribution in [0.5, 0.6) is 0 Å². The topological polar surface area (TPSA) is 50.1 Å². The molecule has 128 valence electrons. The second kappa shape index (κ2) is 6.67. The molecule has 0 unspecified atom stereocenters. The predicted octanol–water partition coefficient (Wildman–Crippen LogP) is 3.03. The molecule has 1 saturated heterocycles. The van der Waals surface area contributed by atoms with E-state index in [1.54, 1.807) is 0 Å². The van der Waals surface area contributed by atoms with Crippen molar-refractivity contribution in [1.29, 1.82) is 0 Å². The van der Waals surface area contributed by atoms with Crippen molar-refractivity contribution in [2.75, 3.05) is 32.8 Å². The van der Waals surface area contributed by atoms with Crippen LogP contribution >= 0.6 is 0 Å². The number of quaternary nitrogens is 1. The normalized spacial score (nSPS) is 23.0. The first-order valence-corrected chi connectivity index (χ1v) is 9.02. The molecule has 0 bridgehead atoms. The van der Waals surface area contributed by atoms with E-state index in [-0.39, 0.29) is 4.65 Å². The average Bonchev–Trinajstić information content (AvgIpc) is 3.06. The van der Waals surface area contributed by atoms with Crippen LogP contribution in [0.25, 0.3) is 5.69 Å². The summed E-state index contributed by atoms with van der Waals surface area (Å²) < 4.78 is 7.33. The lowest BCUT2D eigenvalue weighted by molar-refractivity contribution is -0.889. The Morgan fingerprint density at radius 3 is 2.79 bits per heavy atom. The van der Waals surface area contributed by atoms with Crippen molar-refractivity contribution >= 4 is 0 Å². The molecule has 5 nitrogen and oxygen atoms in total. The second-order valence-corrected chi connectivity index (χ2v) is 7.01. The molecule has 4 rings (SSSR count). The van der Waals surface area contributed by atoms with Crippen LogP contribution in [-0.2, 0) is 11.2 Å². The molecule has 1 aliphatic carbocycles. The monoisotopic (exact) mass is 327 g/mol. The molecular formula is C19H25N3O2. The number of para-hydroxylation sites is 1. The van der Waals surface area contributed by atoms with E-state index < -0.39 is 0 Å². The van der Waals surface area contributed by atoms with Crippen LogP contribution in [0.4, 0.5) is 0 Å². The third-order valence-electron chi connectivity index (χ3n) is 5.48.